The van der Waals surface area contributed by atoms with Crippen molar-refractivity contribution < 1.29 is 17.4 Å². The van der Waals surface area contributed by atoms with Crippen molar-refractivity contribution in [2.24, 2.45) is 5.92 Å². The van der Waals surface area contributed by atoms with Crippen LogP contribution in [0.3, 0.4) is 0 Å². The number of nitrogens with zero attached hydrogens (tertiary/aromatic N) is 1. The van der Waals surface area contributed by atoms with E-state index in [9.17, 15) is 13.2 Å². The highest BCUT2D eigenvalue weighted by Crippen LogP contribution is 2.18. The Bertz CT molecular complexity index is 608. The molecule has 0 saturated heterocycles. The molecular weight excluding hydrogens is 302 g/mol. The molecule has 0 heterocycles. The van der Waals surface area contributed by atoms with Gasteiger partial charge in [-0.2, -0.15) is 8.42 Å². The molecule has 0 bridgehead atoms. The second kappa shape index (κ2) is 7.63. The van der Waals surface area contributed by atoms with Gasteiger partial charge in [-0.25, -0.2) is 0 Å². The van der Waals surface area contributed by atoms with Crippen LogP contribution in [0.1, 0.15) is 39.7 Å². The molecule has 0 aliphatic heterocycles. The zero-order valence-corrected chi connectivity index (χ0v) is 14.7. The quantitative estimate of drug-likeness (QED) is 0.722. The maximum Gasteiger partial charge on any atom is 0.306 e. The molecule has 0 N–H and O–H groups in total. The largest absolute Gasteiger partial charge is 0.383 e. The number of benzene rings is 1. The molecule has 6 heteroatoms. The molecule has 0 aliphatic rings. The summed E-state index contributed by atoms with van der Waals surface area (Å²) in [5, 5.41) is 0. The van der Waals surface area contributed by atoms with Crippen molar-refractivity contribution >= 4 is 16.0 Å². The molecule has 0 fully saturated rings. The maximum atomic E-state index is 12.3. The standard InChI is InChI=1S/C16H25NO4S/c1-12(2)9-16(18)17(13(3)4)11-14-7-6-8-15(10-14)21-22(5,19)20/h6-8,10,12-13H,9,11H2,1-5H3. The van der Waals surface area contributed by atoms with E-state index in [1.165, 1.54) is 0 Å². The molecule has 0 unspecified atom stereocenters. The van der Waals surface area contributed by atoms with Crippen molar-refractivity contribution in [1.29, 1.82) is 0 Å². The van der Waals surface area contributed by atoms with Crippen LogP contribution in [0.2, 0.25) is 0 Å². The Morgan fingerprint density at radius 3 is 2.36 bits per heavy atom. The third-order valence-corrected chi connectivity index (χ3v) is 3.52. The molecule has 5 nitrogen and oxygen atoms in total. The zero-order chi connectivity index (χ0) is 16.9. The van der Waals surface area contributed by atoms with Crippen LogP contribution in [0.15, 0.2) is 24.3 Å². The molecule has 22 heavy (non-hydrogen) atoms. The van der Waals surface area contributed by atoms with E-state index in [4.69, 9.17) is 4.18 Å². The van der Waals surface area contributed by atoms with Gasteiger partial charge in [0.2, 0.25) is 5.91 Å². The summed E-state index contributed by atoms with van der Waals surface area (Å²) in [6.07, 6.45) is 1.50. The molecule has 0 radical (unpaired) electrons. The Hall–Kier alpha value is -1.56. The summed E-state index contributed by atoms with van der Waals surface area (Å²) >= 11 is 0. The second-order valence-corrected chi connectivity index (χ2v) is 7.72. The fourth-order valence-corrected chi connectivity index (χ4v) is 2.55. The molecule has 1 aromatic rings. The van der Waals surface area contributed by atoms with Crippen LogP contribution in [-0.2, 0) is 21.5 Å². The van der Waals surface area contributed by atoms with Crippen LogP contribution in [0, 0.1) is 5.92 Å². The van der Waals surface area contributed by atoms with Crippen LogP contribution in [0.5, 0.6) is 5.75 Å². The van der Waals surface area contributed by atoms with Gasteiger partial charge in [0.15, 0.2) is 0 Å². The zero-order valence-electron chi connectivity index (χ0n) is 13.9. The molecule has 0 aliphatic carbocycles. The number of hydrogen-bond acceptors (Lipinski definition) is 4. The smallest absolute Gasteiger partial charge is 0.306 e. The Balaban J connectivity index is 2.90. The van der Waals surface area contributed by atoms with E-state index in [0.717, 1.165) is 11.8 Å². The van der Waals surface area contributed by atoms with Crippen LogP contribution in [0.4, 0.5) is 0 Å². The minimum absolute atomic E-state index is 0.0748. The predicted molar refractivity (Wildman–Crippen MR) is 87.1 cm³/mol. The molecular formula is C16H25NO4S. The Labute approximate surface area is 133 Å². The lowest BCUT2D eigenvalue weighted by Gasteiger charge is -2.28. The summed E-state index contributed by atoms with van der Waals surface area (Å²) in [5.74, 6) is 0.660. The monoisotopic (exact) mass is 327 g/mol. The highest BCUT2D eigenvalue weighted by molar-refractivity contribution is 7.86. The minimum atomic E-state index is -3.55. The lowest BCUT2D eigenvalue weighted by Crippen LogP contribution is -2.36. The summed E-state index contributed by atoms with van der Waals surface area (Å²) in [7, 11) is -3.55. The van der Waals surface area contributed by atoms with Crippen molar-refractivity contribution in [3.63, 3.8) is 0 Å². The van der Waals surface area contributed by atoms with Crippen molar-refractivity contribution in [2.45, 2.75) is 46.7 Å². The average molecular weight is 327 g/mol. The first-order chi connectivity index (χ1) is 10.1. The van der Waals surface area contributed by atoms with E-state index >= 15 is 0 Å². The normalized spacial score (nSPS) is 11.8. The summed E-state index contributed by atoms with van der Waals surface area (Å²) in [5.41, 5.74) is 0.840. The Morgan fingerprint density at radius 1 is 1.23 bits per heavy atom. The number of carbonyl (C=O) groups is 1. The molecule has 0 spiro atoms. The molecule has 0 saturated carbocycles. The van der Waals surface area contributed by atoms with Gasteiger partial charge in [-0.1, -0.05) is 26.0 Å². The van der Waals surface area contributed by atoms with E-state index in [1.807, 2.05) is 33.8 Å². The van der Waals surface area contributed by atoms with Gasteiger partial charge in [-0.3, -0.25) is 4.79 Å². The van der Waals surface area contributed by atoms with Gasteiger partial charge in [0, 0.05) is 19.0 Å². The van der Waals surface area contributed by atoms with Gasteiger partial charge >= 0.3 is 10.1 Å². The van der Waals surface area contributed by atoms with E-state index in [-0.39, 0.29) is 17.7 Å². The third-order valence-electron chi connectivity index (χ3n) is 3.03. The Kier molecular flexibility index (Phi) is 6.41. The van der Waals surface area contributed by atoms with Crippen molar-refractivity contribution in [3.05, 3.63) is 29.8 Å². The molecule has 1 rings (SSSR count). The molecule has 124 valence electrons. The van der Waals surface area contributed by atoms with Crippen molar-refractivity contribution in [2.75, 3.05) is 6.26 Å². The first kappa shape index (κ1) is 18.5. The topological polar surface area (TPSA) is 63.7 Å². The number of rotatable bonds is 7. The molecule has 1 aromatic carbocycles. The lowest BCUT2D eigenvalue weighted by atomic mass is 10.1. The van der Waals surface area contributed by atoms with Crippen LogP contribution >= 0.6 is 0 Å². The van der Waals surface area contributed by atoms with E-state index in [0.29, 0.717) is 18.9 Å². The fourth-order valence-electron chi connectivity index (χ4n) is 2.09. The lowest BCUT2D eigenvalue weighted by molar-refractivity contribution is -0.134. The van der Waals surface area contributed by atoms with Crippen LogP contribution in [-0.4, -0.2) is 31.5 Å². The average Bonchev–Trinajstić information content (AvgIpc) is 2.32. The third kappa shape index (κ3) is 6.47. The van der Waals surface area contributed by atoms with Crippen molar-refractivity contribution in [3.8, 4) is 5.75 Å². The summed E-state index contributed by atoms with van der Waals surface area (Å²) in [6, 6.07) is 6.89. The summed E-state index contributed by atoms with van der Waals surface area (Å²) in [6.45, 7) is 8.39. The van der Waals surface area contributed by atoms with E-state index in [1.54, 1.807) is 23.1 Å². The second-order valence-electron chi connectivity index (χ2n) is 6.15. The van der Waals surface area contributed by atoms with Gasteiger partial charge in [0.25, 0.3) is 0 Å². The maximum absolute atomic E-state index is 12.3. The van der Waals surface area contributed by atoms with E-state index < -0.39 is 10.1 Å². The highest BCUT2D eigenvalue weighted by Gasteiger charge is 2.18. The fraction of sp³-hybridized carbons (Fsp3) is 0.562. The van der Waals surface area contributed by atoms with Crippen LogP contribution < -0.4 is 4.18 Å². The van der Waals surface area contributed by atoms with E-state index in [2.05, 4.69) is 0 Å². The van der Waals surface area contributed by atoms with Gasteiger partial charge in [-0.05, 0) is 37.5 Å². The molecule has 0 aromatic heterocycles. The SMILES string of the molecule is CC(C)CC(=O)N(Cc1cccc(OS(C)(=O)=O)c1)C(C)C. The van der Waals surface area contributed by atoms with Gasteiger partial charge in [0.05, 0.1) is 6.26 Å². The summed E-state index contributed by atoms with van der Waals surface area (Å²) in [4.78, 5) is 14.1. The molecule has 1 amide bonds. The number of amides is 1. The first-order valence-corrected chi connectivity index (χ1v) is 9.18. The summed E-state index contributed by atoms with van der Waals surface area (Å²) < 4.78 is 27.2. The van der Waals surface area contributed by atoms with Gasteiger partial charge in [-0.15, -0.1) is 0 Å². The number of hydrogen-bond donors (Lipinski definition) is 0. The highest BCUT2D eigenvalue weighted by atomic mass is 32.2. The first-order valence-electron chi connectivity index (χ1n) is 7.36. The minimum Gasteiger partial charge on any atom is -0.383 e. The Morgan fingerprint density at radius 2 is 1.86 bits per heavy atom. The molecule has 0 atom stereocenters. The van der Waals surface area contributed by atoms with Gasteiger partial charge in [0.1, 0.15) is 5.75 Å². The number of carbonyl (C=O) groups excluding carboxylic acids is 1. The van der Waals surface area contributed by atoms with Crippen LogP contribution in [0.25, 0.3) is 0 Å². The van der Waals surface area contributed by atoms with Crippen molar-refractivity contribution in [1.82, 2.24) is 4.90 Å². The predicted octanol–water partition coefficient (Wildman–Crippen LogP) is 2.81. The van der Waals surface area contributed by atoms with Gasteiger partial charge < -0.3 is 9.08 Å².